The molecule has 0 aliphatic rings. The lowest BCUT2D eigenvalue weighted by molar-refractivity contribution is 1.08. The van der Waals surface area contributed by atoms with Crippen molar-refractivity contribution in [3.05, 3.63) is 158 Å². The van der Waals surface area contributed by atoms with Crippen LogP contribution in [-0.2, 0) is 0 Å². The van der Waals surface area contributed by atoms with Gasteiger partial charge in [-0.1, -0.05) is 127 Å². The third-order valence-electron chi connectivity index (χ3n) is 11.4. The topological polar surface area (TPSA) is 35.1 Å². The molecule has 5 heteroatoms. The van der Waals surface area contributed by atoms with Crippen molar-refractivity contribution >= 4 is 113 Å². The van der Waals surface area contributed by atoms with Crippen LogP contribution in [-0.4, -0.2) is 18.9 Å². The summed E-state index contributed by atoms with van der Waals surface area (Å²) in [5.74, 6) is 0.830. The van der Waals surface area contributed by atoms with Crippen molar-refractivity contribution < 1.29 is 0 Å². The standard InChI is InChI=1S/C48H26N4S/c1-2-12-28(13-3-1)43-48(49-36-26-23-27-11-4-5-14-29(27)44(36)50-43)51-37-19-9-16-31-32-17-8-18-33-34-24-25-35-30-15-6-7-22-40(30)53-47(35)46(34)52(45(32)33)39-21-10-20-38(51)42(39)41(31)37/h1-26H. The minimum absolute atomic E-state index is 0.830. The van der Waals surface area contributed by atoms with E-state index in [1.165, 1.54) is 69.0 Å². The molecule has 13 rings (SSSR count). The molecular formula is C48H26N4S. The van der Waals surface area contributed by atoms with Crippen molar-refractivity contribution in [2.75, 3.05) is 0 Å². The number of nitrogens with zero attached hydrogens (tertiary/aromatic N) is 4. The van der Waals surface area contributed by atoms with Crippen LogP contribution in [0.2, 0.25) is 0 Å². The van der Waals surface area contributed by atoms with Gasteiger partial charge in [0.25, 0.3) is 0 Å². The van der Waals surface area contributed by atoms with Crippen LogP contribution in [0, 0.1) is 0 Å². The number of benzene rings is 8. The number of hydrogen-bond donors (Lipinski definition) is 0. The molecule has 13 aromatic rings. The molecule has 0 saturated carbocycles. The summed E-state index contributed by atoms with van der Waals surface area (Å²) in [7, 11) is 0. The van der Waals surface area contributed by atoms with Gasteiger partial charge in [0, 0.05) is 53.4 Å². The highest BCUT2D eigenvalue weighted by molar-refractivity contribution is 7.26. The largest absolute Gasteiger partial charge is 0.306 e. The minimum Gasteiger partial charge on any atom is -0.306 e. The quantitative estimate of drug-likeness (QED) is 0.169. The number of para-hydroxylation sites is 1. The summed E-state index contributed by atoms with van der Waals surface area (Å²) in [5.41, 5.74) is 9.65. The summed E-state index contributed by atoms with van der Waals surface area (Å²) < 4.78 is 7.57. The van der Waals surface area contributed by atoms with Crippen molar-refractivity contribution in [1.82, 2.24) is 18.9 Å². The Labute approximate surface area is 305 Å². The van der Waals surface area contributed by atoms with Crippen LogP contribution >= 0.6 is 11.3 Å². The van der Waals surface area contributed by atoms with E-state index >= 15 is 0 Å². The summed E-state index contributed by atoms with van der Waals surface area (Å²) in [6, 6.07) is 57.1. The van der Waals surface area contributed by atoms with Crippen molar-refractivity contribution in [2.45, 2.75) is 0 Å². The smallest absolute Gasteiger partial charge is 0.165 e. The fraction of sp³-hybridized carbons (Fsp3) is 0. The molecule has 0 N–H and O–H groups in total. The van der Waals surface area contributed by atoms with Gasteiger partial charge in [-0.2, -0.15) is 0 Å². The molecule has 4 nitrogen and oxygen atoms in total. The SMILES string of the molecule is c1ccc(-c2nc3c(ccc4ccccc43)nc2-n2c3cccc4c5cccc6c7ccc8c9ccccc9sc8c7n(c7cccc2c7c43)c56)cc1. The molecular weight excluding hydrogens is 665 g/mol. The first-order valence-corrected chi connectivity index (χ1v) is 18.8. The van der Waals surface area contributed by atoms with Gasteiger partial charge in [-0.05, 0) is 41.1 Å². The molecule has 0 bridgehead atoms. The Kier molecular flexibility index (Phi) is 5.22. The number of fused-ring (bicyclic) bond motifs is 12. The van der Waals surface area contributed by atoms with E-state index < -0.39 is 0 Å². The maximum absolute atomic E-state index is 5.53. The van der Waals surface area contributed by atoms with E-state index in [1.54, 1.807) is 0 Å². The summed E-state index contributed by atoms with van der Waals surface area (Å²) in [6.07, 6.45) is 0. The second-order valence-electron chi connectivity index (χ2n) is 14.1. The molecule has 0 saturated heterocycles. The predicted molar refractivity (Wildman–Crippen MR) is 224 cm³/mol. The Hall–Kier alpha value is -6.82. The lowest BCUT2D eigenvalue weighted by atomic mass is 10.0. The van der Waals surface area contributed by atoms with Gasteiger partial charge >= 0.3 is 0 Å². The molecule has 244 valence electrons. The summed E-state index contributed by atoms with van der Waals surface area (Å²) in [5, 5.41) is 12.4. The maximum atomic E-state index is 5.53. The Bertz CT molecular complexity index is 3680. The van der Waals surface area contributed by atoms with Crippen molar-refractivity contribution in [1.29, 1.82) is 0 Å². The molecule has 8 aromatic carbocycles. The van der Waals surface area contributed by atoms with Crippen LogP contribution in [0.15, 0.2) is 158 Å². The van der Waals surface area contributed by atoms with Gasteiger partial charge in [-0.25, -0.2) is 9.97 Å². The van der Waals surface area contributed by atoms with Crippen LogP contribution in [0.4, 0.5) is 0 Å². The Morgan fingerprint density at radius 3 is 2.00 bits per heavy atom. The van der Waals surface area contributed by atoms with Gasteiger partial charge < -0.3 is 4.40 Å². The van der Waals surface area contributed by atoms with Gasteiger partial charge in [-0.3, -0.25) is 4.57 Å². The van der Waals surface area contributed by atoms with Crippen LogP contribution in [0.3, 0.4) is 0 Å². The lowest BCUT2D eigenvalue weighted by Crippen LogP contribution is -2.04. The number of rotatable bonds is 2. The lowest BCUT2D eigenvalue weighted by Gasteiger charge is -2.15. The molecule has 0 aliphatic heterocycles. The van der Waals surface area contributed by atoms with Crippen LogP contribution < -0.4 is 0 Å². The Morgan fingerprint density at radius 1 is 0.434 bits per heavy atom. The normalized spacial score (nSPS) is 12.5. The van der Waals surface area contributed by atoms with Crippen molar-refractivity contribution in [3.8, 4) is 17.1 Å². The highest BCUT2D eigenvalue weighted by Gasteiger charge is 2.25. The minimum atomic E-state index is 0.830. The number of hydrogen-bond acceptors (Lipinski definition) is 3. The zero-order valence-electron chi connectivity index (χ0n) is 28.2. The fourth-order valence-electron chi connectivity index (χ4n) is 9.24. The van der Waals surface area contributed by atoms with E-state index in [-0.39, 0.29) is 0 Å². The molecule has 5 heterocycles. The second-order valence-corrected chi connectivity index (χ2v) is 15.1. The average Bonchev–Trinajstić information content (AvgIpc) is 3.85. The molecule has 5 aromatic heterocycles. The molecule has 0 amide bonds. The van der Waals surface area contributed by atoms with E-state index in [1.807, 2.05) is 11.3 Å². The molecule has 0 aliphatic carbocycles. The van der Waals surface area contributed by atoms with Crippen molar-refractivity contribution in [3.63, 3.8) is 0 Å². The van der Waals surface area contributed by atoms with Gasteiger partial charge in [0.2, 0.25) is 0 Å². The third kappa shape index (κ3) is 3.50. The summed E-state index contributed by atoms with van der Waals surface area (Å²) in [6.45, 7) is 0. The van der Waals surface area contributed by atoms with E-state index in [2.05, 4.69) is 167 Å². The second kappa shape index (κ2) is 9.94. The fourth-order valence-corrected chi connectivity index (χ4v) is 10.5. The van der Waals surface area contributed by atoms with Crippen LogP contribution in [0.5, 0.6) is 0 Å². The molecule has 0 fully saturated rings. The number of thiophene rings is 1. The first-order valence-electron chi connectivity index (χ1n) is 18.0. The van der Waals surface area contributed by atoms with Crippen LogP contribution in [0.25, 0.3) is 119 Å². The predicted octanol–water partition coefficient (Wildman–Crippen LogP) is 13.1. The van der Waals surface area contributed by atoms with Gasteiger partial charge in [-0.15, -0.1) is 11.3 Å². The van der Waals surface area contributed by atoms with Gasteiger partial charge in [0.15, 0.2) is 5.82 Å². The average molecular weight is 691 g/mol. The first-order chi connectivity index (χ1) is 26.3. The summed E-state index contributed by atoms with van der Waals surface area (Å²) in [4.78, 5) is 11.0. The van der Waals surface area contributed by atoms with Gasteiger partial charge in [0.1, 0.15) is 5.69 Å². The first kappa shape index (κ1) is 27.8. The molecule has 0 atom stereocenters. The number of aromatic nitrogens is 4. The molecule has 53 heavy (non-hydrogen) atoms. The van der Waals surface area contributed by atoms with E-state index in [9.17, 15) is 0 Å². The molecule has 0 unspecified atom stereocenters. The molecule has 0 spiro atoms. The third-order valence-corrected chi connectivity index (χ3v) is 12.6. The monoisotopic (exact) mass is 690 g/mol. The maximum Gasteiger partial charge on any atom is 0.165 e. The summed E-state index contributed by atoms with van der Waals surface area (Å²) >= 11 is 1.90. The van der Waals surface area contributed by atoms with Gasteiger partial charge in [0.05, 0.1) is 43.3 Å². The van der Waals surface area contributed by atoms with E-state index in [0.29, 0.717) is 0 Å². The zero-order valence-corrected chi connectivity index (χ0v) is 29.0. The van der Waals surface area contributed by atoms with Crippen LogP contribution in [0.1, 0.15) is 0 Å². The highest BCUT2D eigenvalue weighted by atomic mass is 32.1. The van der Waals surface area contributed by atoms with E-state index in [0.717, 1.165) is 49.9 Å². The molecule has 0 radical (unpaired) electrons. The van der Waals surface area contributed by atoms with E-state index in [4.69, 9.17) is 9.97 Å². The van der Waals surface area contributed by atoms with Crippen molar-refractivity contribution in [2.24, 2.45) is 0 Å². The highest BCUT2D eigenvalue weighted by Crippen LogP contribution is 2.47. The zero-order chi connectivity index (χ0) is 34.4. The Balaban J connectivity index is 1.27. The Morgan fingerprint density at radius 2 is 1.09 bits per heavy atom.